The molecule has 1 aromatic rings. The first-order valence-electron chi connectivity index (χ1n) is 13.5. The van der Waals surface area contributed by atoms with E-state index >= 15 is 0 Å². The molecule has 0 aromatic heterocycles. The molecule has 194 valence electrons. The van der Waals surface area contributed by atoms with E-state index in [1.807, 2.05) is 0 Å². The van der Waals surface area contributed by atoms with Crippen molar-refractivity contribution in [1.82, 2.24) is 4.90 Å². The maximum absolute atomic E-state index is 5.34. The van der Waals surface area contributed by atoms with Gasteiger partial charge in [-0.15, -0.1) is 12.4 Å². The highest BCUT2D eigenvalue weighted by Gasteiger charge is 2.40. The summed E-state index contributed by atoms with van der Waals surface area (Å²) in [6.45, 7) is 17.6. The Labute approximate surface area is 215 Å². The van der Waals surface area contributed by atoms with Crippen LogP contribution in [0.4, 0.5) is 11.4 Å². The van der Waals surface area contributed by atoms with E-state index in [1.54, 1.807) is 12.7 Å². The Morgan fingerprint density at radius 2 is 1.65 bits per heavy atom. The van der Waals surface area contributed by atoms with E-state index in [4.69, 9.17) is 4.74 Å². The summed E-state index contributed by atoms with van der Waals surface area (Å²) in [5.74, 6) is 1.68. The van der Waals surface area contributed by atoms with Crippen LogP contribution in [0.25, 0.3) is 0 Å². The topological polar surface area (TPSA) is 19.0 Å². The van der Waals surface area contributed by atoms with Crippen molar-refractivity contribution < 1.29 is 4.74 Å². The second-order valence-electron chi connectivity index (χ2n) is 12.8. The fourth-order valence-corrected chi connectivity index (χ4v) is 6.80. The number of anilines is 2. The zero-order valence-corrected chi connectivity index (χ0v) is 23.6. The zero-order valence-electron chi connectivity index (χ0n) is 22.7. The summed E-state index contributed by atoms with van der Waals surface area (Å²) in [5, 5.41) is 0. The number of benzene rings is 1. The summed E-state index contributed by atoms with van der Waals surface area (Å²) in [5.41, 5.74) is 5.21. The van der Waals surface area contributed by atoms with E-state index in [-0.39, 0.29) is 12.4 Å². The monoisotopic (exact) mass is 491 g/mol. The highest BCUT2D eigenvalue weighted by Crippen LogP contribution is 2.53. The van der Waals surface area contributed by atoms with Gasteiger partial charge in [0.2, 0.25) is 0 Å². The Morgan fingerprint density at radius 3 is 2.24 bits per heavy atom. The zero-order chi connectivity index (χ0) is 23.6. The minimum Gasteiger partial charge on any atom is -0.383 e. The molecule has 2 saturated carbocycles. The molecule has 0 spiro atoms. The quantitative estimate of drug-likeness (QED) is 0.396. The Morgan fingerprint density at radius 1 is 1.00 bits per heavy atom. The summed E-state index contributed by atoms with van der Waals surface area (Å²) >= 11 is 0. The van der Waals surface area contributed by atoms with Gasteiger partial charge in [-0.25, -0.2) is 0 Å². The third-order valence-electron chi connectivity index (χ3n) is 8.34. The van der Waals surface area contributed by atoms with Crippen molar-refractivity contribution in [2.75, 3.05) is 69.8 Å². The fourth-order valence-electron chi connectivity index (χ4n) is 6.80. The molecule has 3 fully saturated rings. The van der Waals surface area contributed by atoms with Crippen molar-refractivity contribution >= 4 is 23.8 Å². The molecule has 4 nitrogen and oxygen atoms in total. The molecule has 1 saturated heterocycles. The molecule has 0 radical (unpaired) electrons. The molecule has 34 heavy (non-hydrogen) atoms. The lowest BCUT2D eigenvalue weighted by Crippen LogP contribution is -2.47. The third-order valence-corrected chi connectivity index (χ3v) is 8.34. The average molecular weight is 492 g/mol. The second-order valence-corrected chi connectivity index (χ2v) is 12.8. The molecule has 0 unspecified atom stereocenters. The standard InChI is InChI=1S/C29H49N3O.ClH/c1-28(2)20-24(21-29(3,4)22-28)26-10-9-25(30(5)17-18-33-6)19-27(26)32-15-13-31(14-16-32)12-11-23-7-8-23;/h9-10,19,23-24H,7-8,11-18,20-22H2,1-6H3;1H. The number of rotatable bonds is 9. The van der Waals surface area contributed by atoms with Crippen LogP contribution >= 0.6 is 12.4 Å². The van der Waals surface area contributed by atoms with Crippen LogP contribution in [0.3, 0.4) is 0 Å². The summed E-state index contributed by atoms with van der Waals surface area (Å²) in [4.78, 5) is 7.75. The van der Waals surface area contributed by atoms with Gasteiger partial charge in [0.1, 0.15) is 0 Å². The van der Waals surface area contributed by atoms with Gasteiger partial charge in [0.05, 0.1) is 6.61 Å². The van der Waals surface area contributed by atoms with E-state index < -0.39 is 0 Å². The molecule has 3 aliphatic rings. The summed E-state index contributed by atoms with van der Waals surface area (Å²) < 4.78 is 5.34. The molecule has 4 rings (SSSR count). The maximum Gasteiger partial charge on any atom is 0.0637 e. The van der Waals surface area contributed by atoms with Crippen molar-refractivity contribution in [2.45, 2.75) is 72.1 Å². The second kappa shape index (κ2) is 11.4. The van der Waals surface area contributed by atoms with Gasteiger partial charge >= 0.3 is 0 Å². The Hall–Kier alpha value is -0.970. The van der Waals surface area contributed by atoms with Crippen LogP contribution in [0, 0.1) is 16.7 Å². The minimum atomic E-state index is 0. The van der Waals surface area contributed by atoms with E-state index in [2.05, 4.69) is 67.6 Å². The van der Waals surface area contributed by atoms with Gasteiger partial charge in [0.25, 0.3) is 0 Å². The summed E-state index contributed by atoms with van der Waals surface area (Å²) in [6.07, 6.45) is 8.27. The Kier molecular flexibility index (Phi) is 9.25. The highest BCUT2D eigenvalue weighted by molar-refractivity contribution is 5.85. The summed E-state index contributed by atoms with van der Waals surface area (Å²) in [7, 11) is 3.98. The van der Waals surface area contributed by atoms with Gasteiger partial charge in [0, 0.05) is 58.3 Å². The van der Waals surface area contributed by atoms with Crippen LogP contribution in [-0.2, 0) is 4.74 Å². The number of piperazine rings is 1. The predicted molar refractivity (Wildman–Crippen MR) is 149 cm³/mol. The minimum absolute atomic E-state index is 0. The Balaban J connectivity index is 0.00000324. The van der Waals surface area contributed by atoms with Crippen molar-refractivity contribution in [3.8, 4) is 0 Å². The van der Waals surface area contributed by atoms with E-state index in [9.17, 15) is 0 Å². The maximum atomic E-state index is 5.34. The Bertz CT molecular complexity index is 768. The molecule has 0 amide bonds. The van der Waals surface area contributed by atoms with Crippen LogP contribution in [0.5, 0.6) is 0 Å². The van der Waals surface area contributed by atoms with Gasteiger partial charge in [-0.3, -0.25) is 4.90 Å². The molecule has 0 bridgehead atoms. The summed E-state index contributed by atoms with van der Waals surface area (Å²) in [6, 6.07) is 7.31. The normalized spacial score (nSPS) is 22.9. The smallest absolute Gasteiger partial charge is 0.0637 e. The molecule has 2 aliphatic carbocycles. The van der Waals surface area contributed by atoms with Crippen LogP contribution in [0.1, 0.15) is 77.7 Å². The van der Waals surface area contributed by atoms with Crippen molar-refractivity contribution in [3.63, 3.8) is 0 Å². The number of methoxy groups -OCH3 is 1. The molecule has 1 aromatic carbocycles. The number of hydrogen-bond donors (Lipinski definition) is 0. The predicted octanol–water partition coefficient (Wildman–Crippen LogP) is 6.43. The van der Waals surface area contributed by atoms with Gasteiger partial charge < -0.3 is 14.5 Å². The lowest BCUT2D eigenvalue weighted by molar-refractivity contribution is 0.0970. The van der Waals surface area contributed by atoms with Gasteiger partial charge in [-0.1, -0.05) is 46.6 Å². The van der Waals surface area contributed by atoms with Gasteiger partial charge in [-0.05, 0) is 72.6 Å². The number of hydrogen-bond acceptors (Lipinski definition) is 4. The van der Waals surface area contributed by atoms with Crippen LogP contribution in [0.15, 0.2) is 18.2 Å². The van der Waals surface area contributed by atoms with Crippen molar-refractivity contribution in [1.29, 1.82) is 0 Å². The highest BCUT2D eigenvalue weighted by atomic mass is 35.5. The van der Waals surface area contributed by atoms with Crippen LogP contribution < -0.4 is 9.80 Å². The first-order valence-corrected chi connectivity index (χ1v) is 13.5. The van der Waals surface area contributed by atoms with Crippen LogP contribution in [0.2, 0.25) is 0 Å². The van der Waals surface area contributed by atoms with Crippen molar-refractivity contribution in [3.05, 3.63) is 23.8 Å². The number of nitrogens with zero attached hydrogens (tertiary/aromatic N) is 3. The molecule has 5 heteroatoms. The van der Waals surface area contributed by atoms with E-state index in [0.717, 1.165) is 32.2 Å². The van der Waals surface area contributed by atoms with E-state index in [1.165, 1.54) is 69.5 Å². The molecule has 1 heterocycles. The lowest BCUT2D eigenvalue weighted by Gasteiger charge is -2.46. The molecule has 0 N–H and O–H groups in total. The van der Waals surface area contributed by atoms with Gasteiger partial charge in [-0.2, -0.15) is 0 Å². The SMILES string of the molecule is COCCN(C)c1ccc(C2CC(C)(C)CC(C)(C)C2)c(N2CCN(CCC3CC3)CC2)c1.Cl. The first kappa shape index (κ1) is 27.6. The van der Waals surface area contributed by atoms with Gasteiger partial charge in [0.15, 0.2) is 0 Å². The average Bonchev–Trinajstić information content (AvgIpc) is 3.58. The fraction of sp³-hybridized carbons (Fsp3) is 0.793. The van der Waals surface area contributed by atoms with Crippen molar-refractivity contribution in [2.24, 2.45) is 16.7 Å². The van der Waals surface area contributed by atoms with E-state index in [0.29, 0.717) is 16.7 Å². The molecular formula is C29H50ClN3O. The lowest BCUT2D eigenvalue weighted by atomic mass is 9.60. The molecule has 1 aliphatic heterocycles. The third kappa shape index (κ3) is 7.27. The van der Waals surface area contributed by atoms with Crippen LogP contribution in [-0.4, -0.2) is 64.9 Å². The number of ether oxygens (including phenoxy) is 1. The largest absolute Gasteiger partial charge is 0.383 e. The number of likely N-dealkylation sites (N-methyl/N-ethyl adjacent to an activating group) is 1. The molecule has 0 atom stereocenters. The molecular weight excluding hydrogens is 442 g/mol. The first-order chi connectivity index (χ1) is 15.7. The number of halogens is 1.